The van der Waals surface area contributed by atoms with Crippen LogP contribution in [0.3, 0.4) is 0 Å². The van der Waals surface area contributed by atoms with E-state index in [1.54, 1.807) is 6.92 Å². The fourth-order valence-corrected chi connectivity index (χ4v) is 2.75. The number of alkyl halides is 2. The number of rotatable bonds is 3. The largest absolute Gasteiger partial charge is 0.524 e. The molecule has 1 heterocycles. The third-order valence-electron chi connectivity index (χ3n) is 4.85. The van der Waals surface area contributed by atoms with Crippen LogP contribution in [0.2, 0.25) is 0 Å². The SMILES string of the molecule is CCC1(C=C(F)B2OC(C)(C)C(C)(C)O2)CC(F)(F)C1. The molecule has 0 atom stereocenters. The molecule has 0 amide bonds. The van der Waals surface area contributed by atoms with E-state index < -0.39 is 35.4 Å². The van der Waals surface area contributed by atoms with Crippen LogP contribution in [0, 0.1) is 5.41 Å². The van der Waals surface area contributed by atoms with Gasteiger partial charge >= 0.3 is 7.12 Å². The second-order valence-corrected chi connectivity index (χ2v) is 7.04. The molecule has 1 aliphatic carbocycles. The molecule has 2 nitrogen and oxygen atoms in total. The zero-order chi connectivity index (χ0) is 15.4. The molecule has 0 radical (unpaired) electrons. The minimum atomic E-state index is -2.68. The van der Waals surface area contributed by atoms with E-state index in [1.807, 2.05) is 27.7 Å². The number of halogens is 3. The van der Waals surface area contributed by atoms with E-state index >= 15 is 0 Å². The fourth-order valence-electron chi connectivity index (χ4n) is 2.75. The van der Waals surface area contributed by atoms with Crippen LogP contribution in [0.1, 0.15) is 53.9 Å². The van der Waals surface area contributed by atoms with E-state index in [2.05, 4.69) is 0 Å². The molecular formula is C14H22BF3O2. The average molecular weight is 290 g/mol. The van der Waals surface area contributed by atoms with Crippen LogP contribution in [0.4, 0.5) is 13.2 Å². The Labute approximate surface area is 118 Å². The molecule has 1 aliphatic heterocycles. The summed E-state index contributed by atoms with van der Waals surface area (Å²) in [5.74, 6) is -2.68. The lowest BCUT2D eigenvalue weighted by Crippen LogP contribution is -2.45. The van der Waals surface area contributed by atoms with E-state index in [1.165, 1.54) is 6.08 Å². The second-order valence-electron chi connectivity index (χ2n) is 7.04. The normalized spacial score (nSPS) is 30.2. The topological polar surface area (TPSA) is 18.5 Å². The third-order valence-corrected chi connectivity index (χ3v) is 4.85. The van der Waals surface area contributed by atoms with Gasteiger partial charge in [-0.2, -0.15) is 0 Å². The van der Waals surface area contributed by atoms with Gasteiger partial charge in [-0.05, 0) is 40.2 Å². The van der Waals surface area contributed by atoms with Gasteiger partial charge in [-0.1, -0.05) is 6.92 Å². The van der Waals surface area contributed by atoms with Gasteiger partial charge in [0.1, 0.15) is 5.73 Å². The molecule has 114 valence electrons. The maximum Gasteiger partial charge on any atom is 0.524 e. The van der Waals surface area contributed by atoms with Crippen LogP contribution < -0.4 is 0 Å². The van der Waals surface area contributed by atoms with Gasteiger partial charge in [-0.3, -0.25) is 0 Å². The highest BCUT2D eigenvalue weighted by Gasteiger charge is 2.57. The van der Waals surface area contributed by atoms with Crippen LogP contribution in [-0.2, 0) is 9.31 Å². The van der Waals surface area contributed by atoms with Crippen molar-refractivity contribution in [3.8, 4) is 0 Å². The van der Waals surface area contributed by atoms with Crippen LogP contribution in [0.15, 0.2) is 11.8 Å². The van der Waals surface area contributed by atoms with Crippen molar-refractivity contribution in [3.05, 3.63) is 11.8 Å². The molecule has 2 rings (SSSR count). The summed E-state index contributed by atoms with van der Waals surface area (Å²) < 4.78 is 51.6. The number of hydrogen-bond donors (Lipinski definition) is 0. The van der Waals surface area contributed by atoms with Crippen LogP contribution in [0.25, 0.3) is 0 Å². The Hall–Kier alpha value is -0.485. The van der Waals surface area contributed by atoms with Gasteiger partial charge in [-0.15, -0.1) is 0 Å². The van der Waals surface area contributed by atoms with Crippen LogP contribution in [0.5, 0.6) is 0 Å². The number of allylic oxidation sites excluding steroid dienone is 1. The molecular weight excluding hydrogens is 268 g/mol. The first-order valence-electron chi connectivity index (χ1n) is 7.04. The second kappa shape index (κ2) is 4.50. The Morgan fingerprint density at radius 2 is 1.55 bits per heavy atom. The summed E-state index contributed by atoms with van der Waals surface area (Å²) in [5.41, 5.74) is -2.63. The highest BCUT2D eigenvalue weighted by Crippen LogP contribution is 2.55. The third kappa shape index (κ3) is 2.64. The van der Waals surface area contributed by atoms with Crippen molar-refractivity contribution in [1.82, 2.24) is 0 Å². The first-order chi connectivity index (χ1) is 8.92. The summed E-state index contributed by atoms with van der Waals surface area (Å²) in [6.45, 7) is 9.10. The quantitative estimate of drug-likeness (QED) is 0.722. The first kappa shape index (κ1) is 15.9. The predicted octanol–water partition coefficient (Wildman–Crippen LogP) is 4.30. The van der Waals surface area contributed by atoms with Gasteiger partial charge in [0, 0.05) is 18.3 Å². The average Bonchev–Trinajstić information content (AvgIpc) is 2.45. The summed E-state index contributed by atoms with van der Waals surface area (Å²) in [6, 6.07) is 0. The Kier molecular flexibility index (Phi) is 3.58. The summed E-state index contributed by atoms with van der Waals surface area (Å²) in [4.78, 5) is 0. The molecule has 2 fully saturated rings. The zero-order valence-electron chi connectivity index (χ0n) is 12.7. The first-order valence-corrected chi connectivity index (χ1v) is 7.04. The van der Waals surface area contributed by atoms with Gasteiger partial charge in [0.05, 0.1) is 11.2 Å². The summed E-state index contributed by atoms with van der Waals surface area (Å²) >= 11 is 0. The van der Waals surface area contributed by atoms with Gasteiger partial charge in [0.2, 0.25) is 5.92 Å². The van der Waals surface area contributed by atoms with Gasteiger partial charge in [0.25, 0.3) is 0 Å². The molecule has 0 spiro atoms. The van der Waals surface area contributed by atoms with E-state index in [9.17, 15) is 13.2 Å². The van der Waals surface area contributed by atoms with Gasteiger partial charge < -0.3 is 9.31 Å². The molecule has 0 aromatic carbocycles. The maximum absolute atomic E-state index is 14.3. The smallest absolute Gasteiger partial charge is 0.398 e. The van der Waals surface area contributed by atoms with E-state index in [-0.39, 0.29) is 12.8 Å². The zero-order valence-corrected chi connectivity index (χ0v) is 12.7. The molecule has 0 aromatic heterocycles. The van der Waals surface area contributed by atoms with Crippen LogP contribution in [-0.4, -0.2) is 24.2 Å². The van der Waals surface area contributed by atoms with Crippen LogP contribution >= 0.6 is 0 Å². The molecule has 1 saturated carbocycles. The lowest BCUT2D eigenvalue weighted by atomic mass is 9.63. The summed E-state index contributed by atoms with van der Waals surface area (Å²) in [7, 11) is -1.10. The lowest BCUT2D eigenvalue weighted by Gasteiger charge is -2.45. The van der Waals surface area contributed by atoms with E-state index in [0.717, 1.165) is 0 Å². The monoisotopic (exact) mass is 290 g/mol. The highest BCUT2D eigenvalue weighted by molar-refractivity contribution is 6.53. The van der Waals surface area contributed by atoms with E-state index in [4.69, 9.17) is 9.31 Å². The Bertz CT molecular complexity index is 408. The van der Waals surface area contributed by atoms with Crippen molar-refractivity contribution in [1.29, 1.82) is 0 Å². The molecule has 6 heteroatoms. The Morgan fingerprint density at radius 1 is 1.10 bits per heavy atom. The minimum Gasteiger partial charge on any atom is -0.398 e. The van der Waals surface area contributed by atoms with Crippen molar-refractivity contribution < 1.29 is 22.5 Å². The number of hydrogen-bond acceptors (Lipinski definition) is 2. The molecule has 1 saturated heterocycles. The van der Waals surface area contributed by atoms with Gasteiger partial charge in [-0.25, -0.2) is 13.2 Å². The fraction of sp³-hybridized carbons (Fsp3) is 0.857. The standard InChI is InChI=1S/C14H22BF3O2/c1-6-13(8-14(17,18)9-13)7-10(16)15-19-11(2,3)12(4,5)20-15/h7H,6,8-9H2,1-5H3. The molecule has 20 heavy (non-hydrogen) atoms. The van der Waals surface area contributed by atoms with Crippen molar-refractivity contribution in [3.63, 3.8) is 0 Å². The Morgan fingerprint density at radius 3 is 1.90 bits per heavy atom. The molecule has 2 aliphatic rings. The molecule has 0 N–H and O–H groups in total. The van der Waals surface area contributed by atoms with Crippen molar-refractivity contribution in [2.75, 3.05) is 0 Å². The predicted molar refractivity (Wildman–Crippen MR) is 72.2 cm³/mol. The van der Waals surface area contributed by atoms with Crippen molar-refractivity contribution >= 4 is 7.12 Å². The summed E-state index contributed by atoms with van der Waals surface area (Å²) in [5, 5.41) is 0. The maximum atomic E-state index is 14.3. The van der Waals surface area contributed by atoms with E-state index in [0.29, 0.717) is 6.42 Å². The lowest BCUT2D eigenvalue weighted by molar-refractivity contribution is -0.142. The van der Waals surface area contributed by atoms with Gasteiger partial charge in [0.15, 0.2) is 0 Å². The highest BCUT2D eigenvalue weighted by atomic mass is 19.3. The summed E-state index contributed by atoms with van der Waals surface area (Å²) in [6.07, 6.45) is 1.16. The molecule has 0 bridgehead atoms. The Balaban J connectivity index is 2.13. The molecule has 0 aromatic rings. The van der Waals surface area contributed by atoms with Crippen molar-refractivity contribution in [2.24, 2.45) is 5.41 Å². The minimum absolute atomic E-state index is 0.302. The molecule has 0 unspecified atom stereocenters. The van der Waals surface area contributed by atoms with Crippen molar-refractivity contribution in [2.45, 2.75) is 71.0 Å².